The molecular weight excluding hydrogens is 266 g/mol. The molecule has 0 saturated carbocycles. The van der Waals surface area contributed by atoms with Crippen LogP contribution in [0.1, 0.15) is 39.4 Å². The van der Waals surface area contributed by atoms with Gasteiger partial charge in [-0.25, -0.2) is 9.78 Å². The van der Waals surface area contributed by atoms with E-state index in [1.54, 1.807) is 0 Å². The first-order valence-corrected chi connectivity index (χ1v) is 6.88. The molecular formula is C11H19N5O2S. The molecule has 0 unspecified atom stereocenters. The molecule has 0 aliphatic carbocycles. The smallest absolute Gasteiger partial charge is 0.318 e. The zero-order chi connectivity index (χ0) is 14.6. The highest BCUT2D eigenvalue weighted by Crippen LogP contribution is 2.26. The highest BCUT2D eigenvalue weighted by molar-refractivity contribution is 8.00. The van der Waals surface area contributed by atoms with Gasteiger partial charge >= 0.3 is 6.03 Å². The maximum Gasteiger partial charge on any atom is 0.318 e. The quantitative estimate of drug-likeness (QED) is 0.704. The molecule has 19 heavy (non-hydrogen) atoms. The number of hydrogen-bond donors (Lipinski definition) is 3. The number of H-pyrrole nitrogens is 1. The normalized spacial score (nSPS) is 12.7. The van der Waals surface area contributed by atoms with Crippen LogP contribution in [0.4, 0.5) is 4.79 Å². The minimum absolute atomic E-state index is 0.0188. The van der Waals surface area contributed by atoms with Gasteiger partial charge in [-0.2, -0.15) is 0 Å². The van der Waals surface area contributed by atoms with Gasteiger partial charge in [0, 0.05) is 5.92 Å². The Kier molecular flexibility index (Phi) is 5.34. The fraction of sp³-hybridized carbons (Fsp3) is 0.636. The fourth-order valence-corrected chi connectivity index (χ4v) is 2.28. The molecule has 7 nitrogen and oxygen atoms in total. The van der Waals surface area contributed by atoms with Crippen molar-refractivity contribution in [2.24, 2.45) is 11.7 Å². The maximum absolute atomic E-state index is 11.8. The molecule has 0 aliphatic heterocycles. The number of carbonyl (C=O) groups is 2. The number of primary amides is 1. The second kappa shape index (κ2) is 6.55. The van der Waals surface area contributed by atoms with E-state index in [0.29, 0.717) is 5.16 Å². The minimum Gasteiger partial charge on any atom is -0.351 e. The van der Waals surface area contributed by atoms with E-state index >= 15 is 0 Å². The molecule has 0 bridgehead atoms. The molecule has 1 heterocycles. The van der Waals surface area contributed by atoms with Gasteiger partial charge in [0.2, 0.25) is 11.1 Å². The molecule has 1 aromatic heterocycles. The average Bonchev–Trinajstić information content (AvgIpc) is 2.72. The predicted molar refractivity (Wildman–Crippen MR) is 72.7 cm³/mol. The summed E-state index contributed by atoms with van der Waals surface area (Å²) in [6, 6.07) is -0.853. The Morgan fingerprint density at radius 3 is 2.37 bits per heavy atom. The first kappa shape index (κ1) is 15.5. The summed E-state index contributed by atoms with van der Waals surface area (Å²) >= 11 is 1.21. The number of aromatic amines is 1. The zero-order valence-electron chi connectivity index (χ0n) is 11.4. The number of amides is 3. The maximum atomic E-state index is 11.8. The van der Waals surface area contributed by atoms with Crippen LogP contribution >= 0.6 is 11.8 Å². The molecule has 1 aromatic rings. The summed E-state index contributed by atoms with van der Waals surface area (Å²) < 4.78 is 0. The highest BCUT2D eigenvalue weighted by atomic mass is 32.2. The summed E-state index contributed by atoms with van der Waals surface area (Å²) in [6.07, 6.45) is 0. The second-order valence-corrected chi connectivity index (χ2v) is 5.90. The minimum atomic E-state index is -0.853. The Labute approximate surface area is 116 Å². The largest absolute Gasteiger partial charge is 0.351 e. The number of carbonyl (C=O) groups excluding carboxylic acids is 2. The lowest BCUT2D eigenvalue weighted by Crippen LogP contribution is -2.42. The Hall–Kier alpha value is -1.57. The number of hydrogen-bond acceptors (Lipinski definition) is 5. The molecule has 0 saturated heterocycles. The van der Waals surface area contributed by atoms with Crippen LogP contribution in [0.25, 0.3) is 0 Å². The molecule has 0 aromatic carbocycles. The standard InChI is InChI=1S/C11H19N5O2S/c1-5(2)7(9(17)14-10(12)18)19-11-13-8(6(3)4)15-16-11/h5-7H,1-4H3,(H,13,15,16)(H3,12,14,17,18)/t7-/m1/s1. The van der Waals surface area contributed by atoms with Crippen LogP contribution in [0, 0.1) is 5.92 Å². The molecule has 0 radical (unpaired) electrons. The van der Waals surface area contributed by atoms with E-state index in [4.69, 9.17) is 5.73 Å². The summed E-state index contributed by atoms with van der Waals surface area (Å²) in [7, 11) is 0. The molecule has 106 valence electrons. The van der Waals surface area contributed by atoms with Gasteiger partial charge in [-0.05, 0) is 5.92 Å². The fourth-order valence-electron chi connectivity index (χ4n) is 1.37. The van der Waals surface area contributed by atoms with Gasteiger partial charge in [-0.15, -0.1) is 5.10 Å². The monoisotopic (exact) mass is 285 g/mol. The van der Waals surface area contributed by atoms with E-state index in [0.717, 1.165) is 5.82 Å². The van der Waals surface area contributed by atoms with Crippen molar-refractivity contribution in [3.8, 4) is 0 Å². The van der Waals surface area contributed by atoms with Crippen LogP contribution in [-0.4, -0.2) is 32.4 Å². The number of nitrogens with one attached hydrogen (secondary N) is 2. The van der Waals surface area contributed by atoms with Crippen molar-refractivity contribution in [2.75, 3.05) is 0 Å². The number of thioether (sulfide) groups is 1. The van der Waals surface area contributed by atoms with Gasteiger partial charge in [-0.3, -0.25) is 15.2 Å². The van der Waals surface area contributed by atoms with Crippen molar-refractivity contribution in [3.63, 3.8) is 0 Å². The molecule has 0 spiro atoms. The lowest BCUT2D eigenvalue weighted by atomic mass is 10.1. The number of nitrogens with two attached hydrogens (primary N) is 1. The van der Waals surface area contributed by atoms with Gasteiger partial charge < -0.3 is 5.73 Å². The van der Waals surface area contributed by atoms with Crippen LogP contribution in [0.5, 0.6) is 0 Å². The van der Waals surface area contributed by atoms with E-state index in [-0.39, 0.29) is 11.8 Å². The van der Waals surface area contributed by atoms with Crippen molar-refractivity contribution in [2.45, 2.75) is 44.0 Å². The Balaban J connectivity index is 2.77. The van der Waals surface area contributed by atoms with E-state index in [2.05, 4.69) is 20.5 Å². The third-order valence-corrected chi connectivity index (χ3v) is 3.78. The first-order chi connectivity index (χ1) is 8.81. The topological polar surface area (TPSA) is 114 Å². The van der Waals surface area contributed by atoms with Crippen molar-refractivity contribution >= 4 is 23.7 Å². The van der Waals surface area contributed by atoms with Gasteiger partial charge in [0.25, 0.3) is 0 Å². The van der Waals surface area contributed by atoms with Crippen molar-refractivity contribution in [1.82, 2.24) is 20.5 Å². The molecule has 3 amide bonds. The van der Waals surface area contributed by atoms with Crippen molar-refractivity contribution in [1.29, 1.82) is 0 Å². The van der Waals surface area contributed by atoms with Gasteiger partial charge in [0.15, 0.2) is 0 Å². The van der Waals surface area contributed by atoms with Crippen molar-refractivity contribution < 1.29 is 9.59 Å². The highest BCUT2D eigenvalue weighted by Gasteiger charge is 2.26. The third-order valence-electron chi connectivity index (χ3n) is 2.37. The van der Waals surface area contributed by atoms with E-state index in [1.807, 2.05) is 27.7 Å². The van der Waals surface area contributed by atoms with Crippen LogP contribution in [0.2, 0.25) is 0 Å². The van der Waals surface area contributed by atoms with Gasteiger partial charge in [-0.1, -0.05) is 39.5 Å². The number of imide groups is 1. The van der Waals surface area contributed by atoms with Gasteiger partial charge in [0.05, 0.1) is 5.25 Å². The lowest BCUT2D eigenvalue weighted by Gasteiger charge is -2.16. The zero-order valence-corrected chi connectivity index (χ0v) is 12.2. The van der Waals surface area contributed by atoms with Crippen LogP contribution in [0.3, 0.4) is 0 Å². The van der Waals surface area contributed by atoms with Crippen LogP contribution in [0.15, 0.2) is 5.16 Å². The lowest BCUT2D eigenvalue weighted by molar-refractivity contribution is -0.120. The summed E-state index contributed by atoms with van der Waals surface area (Å²) in [6.45, 7) is 7.76. The molecule has 8 heteroatoms. The van der Waals surface area contributed by atoms with Crippen LogP contribution in [-0.2, 0) is 4.79 Å². The van der Waals surface area contributed by atoms with Crippen LogP contribution < -0.4 is 11.1 Å². The van der Waals surface area contributed by atoms with E-state index in [1.165, 1.54) is 11.8 Å². The molecule has 1 rings (SSSR count). The van der Waals surface area contributed by atoms with E-state index in [9.17, 15) is 9.59 Å². The molecule has 0 fully saturated rings. The first-order valence-electron chi connectivity index (χ1n) is 6.00. The summed E-state index contributed by atoms with van der Waals surface area (Å²) in [4.78, 5) is 26.9. The predicted octanol–water partition coefficient (Wildman–Crippen LogP) is 1.24. The molecule has 1 atom stereocenters. The average molecular weight is 285 g/mol. The van der Waals surface area contributed by atoms with Gasteiger partial charge in [0.1, 0.15) is 5.82 Å². The number of rotatable bonds is 5. The summed E-state index contributed by atoms with van der Waals surface area (Å²) in [5, 5.41) is 8.98. The van der Waals surface area contributed by atoms with Crippen molar-refractivity contribution in [3.05, 3.63) is 5.82 Å². The number of aromatic nitrogens is 3. The Morgan fingerprint density at radius 2 is 1.95 bits per heavy atom. The number of urea groups is 1. The summed E-state index contributed by atoms with van der Waals surface area (Å²) in [5.74, 6) is 0.591. The van der Waals surface area contributed by atoms with E-state index < -0.39 is 17.2 Å². The Morgan fingerprint density at radius 1 is 1.32 bits per heavy atom. The SMILES string of the molecule is CC(C)c1nc(S[C@@H](C(=O)NC(N)=O)C(C)C)n[nH]1. The Bertz CT molecular complexity index is 458. The number of nitrogens with zero attached hydrogens (tertiary/aromatic N) is 2. The summed E-state index contributed by atoms with van der Waals surface area (Å²) in [5.41, 5.74) is 4.95. The third kappa shape index (κ3) is 4.55. The molecule has 0 aliphatic rings. The second-order valence-electron chi connectivity index (χ2n) is 4.79. The molecule has 4 N–H and O–H groups in total.